The smallest absolute Gasteiger partial charge is 0.337 e. The van der Waals surface area contributed by atoms with Crippen molar-refractivity contribution in [3.63, 3.8) is 0 Å². The monoisotopic (exact) mass is 292 g/mol. The predicted molar refractivity (Wildman–Crippen MR) is 71.0 cm³/mol. The van der Waals surface area contributed by atoms with Crippen LogP contribution in [-0.4, -0.2) is 42.5 Å². The molecular formula is C11H12N6O4. The van der Waals surface area contributed by atoms with Crippen LogP contribution in [0, 0.1) is 10.1 Å². The molecule has 0 bridgehead atoms. The lowest BCUT2D eigenvalue weighted by molar-refractivity contribution is -0.384. The molecule has 0 amide bonds. The van der Waals surface area contributed by atoms with Crippen molar-refractivity contribution in [2.75, 3.05) is 11.9 Å². The Morgan fingerprint density at radius 2 is 2.33 bits per heavy atom. The Bertz CT molecular complexity index is 642. The minimum absolute atomic E-state index is 0.0450. The molecule has 2 aromatic heterocycles. The van der Waals surface area contributed by atoms with Gasteiger partial charge in [0.25, 0.3) is 0 Å². The summed E-state index contributed by atoms with van der Waals surface area (Å²) in [7, 11) is 0. The molecule has 0 aliphatic heterocycles. The number of carbonyl (C=O) groups is 1. The molecule has 2 heterocycles. The number of nitrogens with one attached hydrogen (secondary N) is 1. The van der Waals surface area contributed by atoms with E-state index < -0.39 is 10.9 Å². The number of carboxylic acid groups (broad SMARTS) is 1. The molecule has 0 unspecified atom stereocenters. The average Bonchev–Trinajstić information content (AvgIpc) is 2.96. The van der Waals surface area contributed by atoms with E-state index in [2.05, 4.69) is 20.6 Å². The number of aryl methyl sites for hydroxylation is 1. The van der Waals surface area contributed by atoms with Gasteiger partial charge in [-0.3, -0.25) is 14.8 Å². The van der Waals surface area contributed by atoms with Crippen molar-refractivity contribution in [2.24, 2.45) is 0 Å². The van der Waals surface area contributed by atoms with Gasteiger partial charge >= 0.3 is 11.7 Å². The van der Waals surface area contributed by atoms with E-state index in [-0.39, 0.29) is 17.1 Å². The normalized spacial score (nSPS) is 10.3. The Morgan fingerprint density at radius 3 is 2.95 bits per heavy atom. The molecule has 110 valence electrons. The van der Waals surface area contributed by atoms with Crippen LogP contribution in [0.4, 0.5) is 11.5 Å². The van der Waals surface area contributed by atoms with Crippen molar-refractivity contribution < 1.29 is 14.8 Å². The molecule has 0 atom stereocenters. The number of anilines is 1. The zero-order chi connectivity index (χ0) is 15.2. The van der Waals surface area contributed by atoms with Crippen LogP contribution in [0.5, 0.6) is 0 Å². The second-order valence-corrected chi connectivity index (χ2v) is 4.10. The van der Waals surface area contributed by atoms with Crippen LogP contribution in [-0.2, 0) is 6.54 Å². The van der Waals surface area contributed by atoms with Crippen molar-refractivity contribution in [3.05, 3.63) is 40.3 Å². The first kappa shape index (κ1) is 14.4. The van der Waals surface area contributed by atoms with Gasteiger partial charge in [0.05, 0.1) is 16.7 Å². The predicted octanol–water partition coefficient (Wildman–Crippen LogP) is 0.782. The highest BCUT2D eigenvalue weighted by Gasteiger charge is 2.18. The molecule has 0 saturated carbocycles. The standard InChI is InChI=1S/C11H12N6O4/c18-11(19)8-6-9(17(20)21)10(13-7-8)12-2-1-4-16-5-3-14-15-16/h3,5-7H,1-2,4H2,(H,12,13)(H,18,19). The van der Waals surface area contributed by atoms with Gasteiger partial charge in [0.1, 0.15) is 0 Å². The van der Waals surface area contributed by atoms with Gasteiger partial charge in [0.15, 0.2) is 0 Å². The Labute approximate surface area is 118 Å². The molecule has 2 aromatic rings. The molecular weight excluding hydrogens is 280 g/mol. The van der Waals surface area contributed by atoms with E-state index >= 15 is 0 Å². The van der Waals surface area contributed by atoms with Crippen LogP contribution in [0.1, 0.15) is 16.8 Å². The zero-order valence-electron chi connectivity index (χ0n) is 10.8. The van der Waals surface area contributed by atoms with Crippen LogP contribution in [0.25, 0.3) is 0 Å². The Balaban J connectivity index is 1.98. The van der Waals surface area contributed by atoms with Gasteiger partial charge in [-0.25, -0.2) is 9.78 Å². The summed E-state index contributed by atoms with van der Waals surface area (Å²) in [5, 5.41) is 30.0. The van der Waals surface area contributed by atoms with Crippen LogP contribution in [0.3, 0.4) is 0 Å². The second-order valence-electron chi connectivity index (χ2n) is 4.10. The third-order valence-electron chi connectivity index (χ3n) is 2.64. The number of aromatic carboxylic acids is 1. The molecule has 0 aliphatic carbocycles. The molecule has 0 radical (unpaired) electrons. The lowest BCUT2D eigenvalue weighted by atomic mass is 10.2. The molecule has 21 heavy (non-hydrogen) atoms. The van der Waals surface area contributed by atoms with Gasteiger partial charge in [0.2, 0.25) is 5.82 Å². The van der Waals surface area contributed by atoms with Gasteiger partial charge < -0.3 is 10.4 Å². The number of nitrogens with zero attached hydrogens (tertiary/aromatic N) is 5. The van der Waals surface area contributed by atoms with Crippen molar-refractivity contribution in [3.8, 4) is 0 Å². The van der Waals surface area contributed by atoms with Gasteiger partial charge in [-0.2, -0.15) is 0 Å². The van der Waals surface area contributed by atoms with Crippen molar-refractivity contribution in [2.45, 2.75) is 13.0 Å². The summed E-state index contributed by atoms with van der Waals surface area (Å²) in [6.45, 7) is 1.04. The maximum Gasteiger partial charge on any atom is 0.337 e. The number of hydrogen-bond acceptors (Lipinski definition) is 7. The van der Waals surface area contributed by atoms with Crippen LogP contribution in [0.15, 0.2) is 24.7 Å². The van der Waals surface area contributed by atoms with Gasteiger partial charge in [0, 0.05) is 31.5 Å². The first-order valence-electron chi connectivity index (χ1n) is 6.03. The number of aromatic nitrogens is 4. The third-order valence-corrected chi connectivity index (χ3v) is 2.64. The zero-order valence-corrected chi connectivity index (χ0v) is 10.8. The van der Waals surface area contributed by atoms with Crippen molar-refractivity contribution in [1.82, 2.24) is 20.0 Å². The van der Waals surface area contributed by atoms with E-state index in [1.54, 1.807) is 17.1 Å². The highest BCUT2D eigenvalue weighted by molar-refractivity contribution is 5.88. The van der Waals surface area contributed by atoms with Crippen LogP contribution >= 0.6 is 0 Å². The Kier molecular flexibility index (Phi) is 4.39. The van der Waals surface area contributed by atoms with Gasteiger partial charge in [-0.1, -0.05) is 5.21 Å². The van der Waals surface area contributed by atoms with Gasteiger partial charge in [-0.05, 0) is 6.42 Å². The molecule has 2 rings (SSSR count). The number of pyridine rings is 1. The Morgan fingerprint density at radius 1 is 1.52 bits per heavy atom. The quantitative estimate of drug-likeness (QED) is 0.434. The highest BCUT2D eigenvalue weighted by Crippen LogP contribution is 2.22. The minimum atomic E-state index is -1.26. The molecule has 0 saturated heterocycles. The number of carboxylic acids is 1. The molecule has 0 aliphatic rings. The fraction of sp³-hybridized carbons (Fsp3) is 0.273. The summed E-state index contributed by atoms with van der Waals surface area (Å²) >= 11 is 0. The summed E-state index contributed by atoms with van der Waals surface area (Å²) in [5.74, 6) is -1.22. The first-order chi connectivity index (χ1) is 10.1. The molecule has 2 N–H and O–H groups in total. The van der Waals surface area contributed by atoms with E-state index in [4.69, 9.17) is 5.11 Å². The molecule has 0 fully saturated rings. The largest absolute Gasteiger partial charge is 0.478 e. The van der Waals surface area contributed by atoms with E-state index in [0.717, 1.165) is 12.3 Å². The van der Waals surface area contributed by atoms with Gasteiger partial charge in [-0.15, -0.1) is 5.10 Å². The Hall–Kier alpha value is -3.04. The van der Waals surface area contributed by atoms with E-state index in [1.807, 2.05) is 0 Å². The topological polar surface area (TPSA) is 136 Å². The third kappa shape index (κ3) is 3.72. The van der Waals surface area contributed by atoms with E-state index in [0.29, 0.717) is 19.5 Å². The fourth-order valence-corrected chi connectivity index (χ4v) is 1.65. The molecule has 0 aromatic carbocycles. The summed E-state index contributed by atoms with van der Waals surface area (Å²) in [6, 6.07) is 0.981. The molecule has 10 heteroatoms. The van der Waals surface area contributed by atoms with E-state index in [9.17, 15) is 14.9 Å². The second kappa shape index (κ2) is 6.41. The molecule has 0 spiro atoms. The lowest BCUT2D eigenvalue weighted by Crippen LogP contribution is -2.10. The summed E-state index contributed by atoms with van der Waals surface area (Å²) < 4.78 is 1.64. The average molecular weight is 292 g/mol. The SMILES string of the molecule is O=C(O)c1cnc(NCCCn2ccnn2)c([N+](=O)[O-])c1. The first-order valence-corrected chi connectivity index (χ1v) is 6.03. The van der Waals surface area contributed by atoms with Crippen LogP contribution in [0.2, 0.25) is 0 Å². The highest BCUT2D eigenvalue weighted by atomic mass is 16.6. The minimum Gasteiger partial charge on any atom is -0.478 e. The summed E-state index contributed by atoms with van der Waals surface area (Å²) in [5.41, 5.74) is -0.592. The lowest BCUT2D eigenvalue weighted by Gasteiger charge is -2.06. The van der Waals surface area contributed by atoms with Crippen LogP contribution < -0.4 is 5.32 Å². The number of hydrogen-bond donors (Lipinski definition) is 2. The maximum atomic E-state index is 10.9. The van der Waals surface area contributed by atoms with Crippen molar-refractivity contribution >= 4 is 17.5 Å². The summed E-state index contributed by atoms with van der Waals surface area (Å²) in [4.78, 5) is 24.8. The van der Waals surface area contributed by atoms with E-state index in [1.165, 1.54) is 0 Å². The molecule has 10 nitrogen and oxygen atoms in total. The fourth-order valence-electron chi connectivity index (χ4n) is 1.65. The number of rotatable bonds is 7. The van der Waals surface area contributed by atoms with Crippen molar-refractivity contribution in [1.29, 1.82) is 0 Å². The summed E-state index contributed by atoms with van der Waals surface area (Å²) in [6.07, 6.45) is 5.00. The number of nitro groups is 1. The maximum absolute atomic E-state index is 10.9.